The number of allylic oxidation sites excluding steroid dienone is 2. The average molecular weight is 639 g/mol. The Balaban J connectivity index is 0.000000215. The summed E-state index contributed by atoms with van der Waals surface area (Å²) in [6.07, 6.45) is 10.1. The summed E-state index contributed by atoms with van der Waals surface area (Å²) in [5.74, 6) is -0.337. The van der Waals surface area contributed by atoms with E-state index < -0.39 is 6.18 Å². The van der Waals surface area contributed by atoms with Crippen molar-refractivity contribution in [1.82, 2.24) is 9.55 Å². The molecule has 0 saturated carbocycles. The second-order valence-electron chi connectivity index (χ2n) is 11.7. The normalized spacial score (nSPS) is 11.3. The van der Waals surface area contributed by atoms with Crippen molar-refractivity contribution >= 4 is 17.6 Å². The van der Waals surface area contributed by atoms with Crippen molar-refractivity contribution in [2.75, 3.05) is 0 Å². The number of rotatable bonds is 14. The van der Waals surface area contributed by atoms with Gasteiger partial charge in [0.1, 0.15) is 5.82 Å². The van der Waals surface area contributed by atoms with Crippen molar-refractivity contribution in [2.45, 2.75) is 70.8 Å². The number of unbranched alkanes of at least 4 members (excludes halogenated alkanes) is 3. The Morgan fingerprint density at radius 1 is 0.723 bits per heavy atom. The van der Waals surface area contributed by atoms with Crippen LogP contribution in [0.5, 0.6) is 0 Å². The minimum atomic E-state index is -4.31. The van der Waals surface area contributed by atoms with Gasteiger partial charge in [-0.25, -0.2) is 9.37 Å². The van der Waals surface area contributed by atoms with Crippen molar-refractivity contribution in [1.29, 1.82) is 0 Å². The third-order valence-corrected chi connectivity index (χ3v) is 8.17. The molecule has 4 aromatic carbocycles. The zero-order chi connectivity index (χ0) is 33.3. The van der Waals surface area contributed by atoms with E-state index in [4.69, 9.17) is 0 Å². The molecule has 0 atom stereocenters. The molecule has 0 spiro atoms. The molecule has 0 aliphatic rings. The van der Waals surface area contributed by atoms with Crippen LogP contribution in [0.1, 0.15) is 55.8 Å². The van der Waals surface area contributed by atoms with E-state index in [0.717, 1.165) is 24.4 Å². The van der Waals surface area contributed by atoms with E-state index in [1.54, 1.807) is 18.2 Å². The van der Waals surface area contributed by atoms with Crippen LogP contribution in [-0.2, 0) is 19.3 Å². The van der Waals surface area contributed by atoms with Crippen LogP contribution in [0.15, 0.2) is 134 Å². The number of hydrogen-bond donors (Lipinski definition) is 0. The van der Waals surface area contributed by atoms with E-state index in [1.165, 1.54) is 60.7 Å². The van der Waals surface area contributed by atoms with Crippen LogP contribution in [-0.4, -0.2) is 22.4 Å². The van der Waals surface area contributed by atoms with Gasteiger partial charge in [0.2, 0.25) is 6.71 Å². The highest BCUT2D eigenvalue weighted by Crippen LogP contribution is 2.18. The fourth-order valence-electron chi connectivity index (χ4n) is 5.66. The van der Waals surface area contributed by atoms with Crippen LogP contribution in [0.3, 0.4) is 0 Å². The smallest absolute Gasteiger partial charge is 0.303 e. The first-order valence-corrected chi connectivity index (χ1v) is 16.5. The maximum atomic E-state index is 14.0. The van der Waals surface area contributed by atoms with E-state index in [-0.39, 0.29) is 25.0 Å². The quantitative estimate of drug-likeness (QED) is 0.0513. The fourth-order valence-corrected chi connectivity index (χ4v) is 5.66. The van der Waals surface area contributed by atoms with Crippen molar-refractivity contribution in [3.63, 3.8) is 0 Å². The van der Waals surface area contributed by atoms with Gasteiger partial charge < -0.3 is 4.57 Å². The van der Waals surface area contributed by atoms with Crippen LogP contribution in [0, 0.1) is 5.82 Å². The second-order valence-corrected chi connectivity index (χ2v) is 11.7. The van der Waals surface area contributed by atoms with Crippen LogP contribution in [0.25, 0.3) is 5.69 Å². The summed E-state index contributed by atoms with van der Waals surface area (Å²) in [7, 11) is 0. The Hall–Kier alpha value is -4.39. The van der Waals surface area contributed by atoms with Crippen LogP contribution >= 0.6 is 0 Å². The first kappa shape index (κ1) is 35.5. The van der Waals surface area contributed by atoms with Gasteiger partial charge in [-0.15, -0.1) is 0 Å². The number of nitrogens with zero attached hydrogens (tertiary/aromatic N) is 2. The lowest BCUT2D eigenvalue weighted by Gasteiger charge is -2.14. The molecular weight excluding hydrogens is 595 g/mol. The largest absolute Gasteiger partial charge is 0.409 e. The van der Waals surface area contributed by atoms with Gasteiger partial charge in [-0.05, 0) is 66.9 Å². The highest BCUT2D eigenvalue weighted by molar-refractivity contribution is 6.85. The Morgan fingerprint density at radius 3 is 2.06 bits per heavy atom. The van der Waals surface area contributed by atoms with Gasteiger partial charge in [0, 0.05) is 23.7 Å². The molecule has 0 aliphatic heterocycles. The molecule has 0 amide bonds. The summed E-state index contributed by atoms with van der Waals surface area (Å²) in [5.41, 5.74) is 6.68. The lowest BCUT2D eigenvalue weighted by Crippen LogP contribution is -2.43. The Kier molecular flexibility index (Phi) is 14.1. The molecule has 1 aromatic heterocycles. The van der Waals surface area contributed by atoms with Gasteiger partial charge >= 0.3 is 6.18 Å². The van der Waals surface area contributed by atoms with Crippen molar-refractivity contribution in [3.05, 3.63) is 157 Å². The minimum absolute atomic E-state index is 0.230. The summed E-state index contributed by atoms with van der Waals surface area (Å²) < 4.78 is 52.7. The van der Waals surface area contributed by atoms with E-state index in [1.807, 2.05) is 42.9 Å². The Labute approximate surface area is 277 Å². The third kappa shape index (κ3) is 12.1. The highest BCUT2D eigenvalue weighted by atomic mass is 19.4. The molecule has 5 rings (SSSR count). The molecule has 0 radical (unpaired) electrons. The molecule has 0 saturated heterocycles. The van der Waals surface area contributed by atoms with Gasteiger partial charge in [0.25, 0.3) is 0 Å². The number of benzene rings is 4. The summed E-state index contributed by atoms with van der Waals surface area (Å²) in [6, 6.07) is 35.3. The summed E-state index contributed by atoms with van der Waals surface area (Å²) in [5, 5.41) is 0. The standard InChI is InChI=1S/C23H28N2.C17H15BF4/c1-2-3-4-6-11-21-12-15-22(16-13-21)25-19-24-18-23(25)17-14-20-9-7-5-8-10-20;19-16-11-5-4-10-15(16)18(14-8-2-1-3-9-14)13-7-6-12-17(20,21)22/h5,7-10,12-13,15-16,18-19H,2-4,6,11,14,17H2,1H3;1-6,8-12H,7,13H2. The number of aryl methyl sites for hydroxylation is 3. The lowest BCUT2D eigenvalue weighted by atomic mass is 9.38. The van der Waals surface area contributed by atoms with Crippen molar-refractivity contribution < 1.29 is 17.6 Å². The van der Waals surface area contributed by atoms with Crippen LogP contribution in [0.4, 0.5) is 17.6 Å². The monoisotopic (exact) mass is 638 g/mol. The number of alkyl halides is 3. The van der Waals surface area contributed by atoms with Crippen LogP contribution < -0.4 is 10.9 Å². The topological polar surface area (TPSA) is 17.8 Å². The Bertz CT molecular complexity index is 1610. The SMILES string of the molecule is CCCCCCc1ccc(-n2cncc2CCc2ccccc2)cc1.Fc1ccccc1B(CCC=CC(F)(F)F)c1ccccc1. The van der Waals surface area contributed by atoms with Gasteiger partial charge in [-0.3, -0.25) is 0 Å². The average Bonchev–Trinajstić information content (AvgIpc) is 3.56. The summed E-state index contributed by atoms with van der Waals surface area (Å²) >= 11 is 0. The molecule has 0 unspecified atom stereocenters. The van der Waals surface area contributed by atoms with E-state index in [2.05, 4.69) is 71.1 Å². The van der Waals surface area contributed by atoms with Crippen molar-refractivity contribution in [2.24, 2.45) is 0 Å². The fraction of sp³-hybridized carbons (Fsp3) is 0.275. The minimum Gasteiger partial charge on any atom is -0.303 e. The molecule has 47 heavy (non-hydrogen) atoms. The molecule has 244 valence electrons. The number of halogens is 4. The van der Waals surface area contributed by atoms with Gasteiger partial charge in [0.15, 0.2) is 0 Å². The zero-order valence-corrected chi connectivity index (χ0v) is 27.0. The highest BCUT2D eigenvalue weighted by Gasteiger charge is 2.23. The molecule has 0 fully saturated rings. The zero-order valence-electron chi connectivity index (χ0n) is 27.0. The number of imidazole rings is 1. The van der Waals surface area contributed by atoms with E-state index in [0.29, 0.717) is 11.8 Å². The summed E-state index contributed by atoms with van der Waals surface area (Å²) in [6.45, 7) is 2.00. The number of aromatic nitrogens is 2. The molecule has 7 heteroatoms. The first-order chi connectivity index (χ1) is 22.8. The predicted octanol–water partition coefficient (Wildman–Crippen LogP) is 9.72. The lowest BCUT2D eigenvalue weighted by molar-refractivity contribution is -0.0800. The maximum Gasteiger partial charge on any atom is 0.409 e. The summed E-state index contributed by atoms with van der Waals surface area (Å²) in [4.78, 5) is 4.37. The maximum absolute atomic E-state index is 14.0. The first-order valence-electron chi connectivity index (χ1n) is 16.5. The Morgan fingerprint density at radius 2 is 1.38 bits per heavy atom. The van der Waals surface area contributed by atoms with E-state index in [9.17, 15) is 17.6 Å². The molecule has 0 N–H and O–H groups in total. The molecule has 1 heterocycles. The van der Waals surface area contributed by atoms with Gasteiger partial charge in [0.05, 0.1) is 6.33 Å². The second kappa shape index (κ2) is 18.7. The molecule has 0 aliphatic carbocycles. The molecule has 5 aromatic rings. The third-order valence-electron chi connectivity index (χ3n) is 8.17. The van der Waals surface area contributed by atoms with Crippen molar-refractivity contribution in [3.8, 4) is 5.69 Å². The molecular formula is C40H43BF4N2. The van der Waals surface area contributed by atoms with E-state index >= 15 is 0 Å². The van der Waals surface area contributed by atoms with Crippen LogP contribution in [0.2, 0.25) is 6.32 Å². The molecule has 2 nitrogen and oxygen atoms in total. The predicted molar refractivity (Wildman–Crippen MR) is 188 cm³/mol. The van der Waals surface area contributed by atoms with Gasteiger partial charge in [-0.2, -0.15) is 13.2 Å². The van der Waals surface area contributed by atoms with Gasteiger partial charge in [-0.1, -0.05) is 135 Å². The molecule has 0 bridgehead atoms. The number of hydrogen-bond acceptors (Lipinski definition) is 1.